The molecule has 0 fully saturated rings. The number of nitrogens with one attached hydrogen (secondary N) is 1. The fraction of sp³-hybridized carbons (Fsp3) is 0.333. The number of nitrogens with zero attached hydrogens (tertiary/aromatic N) is 1. The summed E-state index contributed by atoms with van der Waals surface area (Å²) < 4.78 is 38.6. The average molecular weight is 318 g/mol. The van der Waals surface area contributed by atoms with Crippen LogP contribution in [0.25, 0.3) is 0 Å². The van der Waals surface area contributed by atoms with Crippen LogP contribution in [0.5, 0.6) is 0 Å². The number of carboxylic acids is 1. The minimum absolute atomic E-state index is 0.0933. The molecular weight excluding hydrogens is 303 g/mol. The molecule has 0 heterocycles. The van der Waals surface area contributed by atoms with Gasteiger partial charge in [-0.05, 0) is 18.2 Å². The first-order valence-corrected chi connectivity index (χ1v) is 7.34. The topological polar surface area (TPSA) is 104 Å². The quantitative estimate of drug-likeness (QED) is 0.784. The van der Waals surface area contributed by atoms with E-state index in [-0.39, 0.29) is 18.9 Å². The van der Waals surface area contributed by atoms with Crippen LogP contribution < -0.4 is 5.32 Å². The van der Waals surface area contributed by atoms with Gasteiger partial charge in [-0.15, -0.1) is 0 Å². The fourth-order valence-electron chi connectivity index (χ4n) is 1.56. The molecule has 1 rings (SSSR count). The van der Waals surface area contributed by atoms with E-state index in [2.05, 4.69) is 5.32 Å². The molecule has 0 aromatic heterocycles. The van der Waals surface area contributed by atoms with Gasteiger partial charge >= 0.3 is 5.97 Å². The summed E-state index contributed by atoms with van der Waals surface area (Å²) >= 11 is 0. The van der Waals surface area contributed by atoms with Gasteiger partial charge in [0.25, 0.3) is 0 Å². The smallest absolute Gasteiger partial charge is 0.337 e. The van der Waals surface area contributed by atoms with Crippen LogP contribution in [0.15, 0.2) is 23.1 Å². The van der Waals surface area contributed by atoms with E-state index in [0.29, 0.717) is 6.07 Å². The van der Waals surface area contributed by atoms with Crippen molar-refractivity contribution in [3.63, 3.8) is 0 Å². The van der Waals surface area contributed by atoms with Crippen molar-refractivity contribution in [3.8, 4) is 0 Å². The standard InChI is InChI=1S/C12H15FN2O5S/c1-14-11(16)5-6-15(2)21(19,20)10-7-8(13)3-4-9(10)12(17)18/h3-4,7H,5-6H2,1-2H3,(H,14,16)(H,17,18). The Kier molecular flexibility index (Phi) is 5.39. The van der Waals surface area contributed by atoms with Crippen molar-refractivity contribution in [2.75, 3.05) is 20.6 Å². The van der Waals surface area contributed by atoms with Crippen LogP contribution in [0.4, 0.5) is 4.39 Å². The Morgan fingerprint density at radius 3 is 2.52 bits per heavy atom. The number of sulfonamides is 1. The molecule has 1 amide bonds. The Labute approximate surface area is 121 Å². The van der Waals surface area contributed by atoms with Crippen molar-refractivity contribution in [2.45, 2.75) is 11.3 Å². The van der Waals surface area contributed by atoms with Crippen molar-refractivity contribution in [2.24, 2.45) is 0 Å². The molecular formula is C12H15FN2O5S. The summed E-state index contributed by atoms with van der Waals surface area (Å²) in [6.07, 6.45) is -0.0933. The summed E-state index contributed by atoms with van der Waals surface area (Å²) in [4.78, 5) is 21.5. The first-order valence-electron chi connectivity index (χ1n) is 5.90. The summed E-state index contributed by atoms with van der Waals surface area (Å²) in [5, 5.41) is 11.3. The Morgan fingerprint density at radius 1 is 1.38 bits per heavy atom. The van der Waals surface area contributed by atoms with Crippen LogP contribution >= 0.6 is 0 Å². The van der Waals surface area contributed by atoms with E-state index in [0.717, 1.165) is 16.4 Å². The summed E-state index contributed by atoms with van der Waals surface area (Å²) in [6.45, 7) is -0.155. The third kappa shape index (κ3) is 3.99. The number of rotatable bonds is 6. The second-order valence-electron chi connectivity index (χ2n) is 4.20. The van der Waals surface area contributed by atoms with E-state index in [1.165, 1.54) is 14.1 Å². The molecule has 0 bridgehead atoms. The predicted molar refractivity (Wildman–Crippen MR) is 71.9 cm³/mol. The first kappa shape index (κ1) is 17.1. The number of carbonyl (C=O) groups excluding carboxylic acids is 1. The molecule has 0 aliphatic rings. The number of carboxylic acid groups (broad SMARTS) is 1. The van der Waals surface area contributed by atoms with Gasteiger partial charge < -0.3 is 10.4 Å². The third-order valence-electron chi connectivity index (χ3n) is 2.79. The van der Waals surface area contributed by atoms with E-state index in [9.17, 15) is 22.4 Å². The minimum atomic E-state index is -4.21. The van der Waals surface area contributed by atoms with Gasteiger partial charge in [0.2, 0.25) is 15.9 Å². The molecule has 1 aromatic rings. The lowest BCUT2D eigenvalue weighted by Gasteiger charge is -2.18. The Hall–Kier alpha value is -2.00. The molecule has 0 aliphatic heterocycles. The zero-order chi connectivity index (χ0) is 16.2. The van der Waals surface area contributed by atoms with Crippen LogP contribution in [0.2, 0.25) is 0 Å². The predicted octanol–water partition coefficient (Wildman–Crippen LogP) is 0.281. The van der Waals surface area contributed by atoms with Gasteiger partial charge in [0.05, 0.1) is 10.5 Å². The summed E-state index contributed by atoms with van der Waals surface area (Å²) in [7, 11) is -1.61. The first-order chi connectivity index (χ1) is 9.70. The van der Waals surface area contributed by atoms with E-state index >= 15 is 0 Å². The van der Waals surface area contributed by atoms with Crippen LogP contribution in [0.3, 0.4) is 0 Å². The highest BCUT2D eigenvalue weighted by Gasteiger charge is 2.27. The second-order valence-corrected chi connectivity index (χ2v) is 6.21. The fourth-order valence-corrected chi connectivity index (χ4v) is 2.92. The van der Waals surface area contributed by atoms with Gasteiger partial charge in [-0.25, -0.2) is 21.9 Å². The van der Waals surface area contributed by atoms with Gasteiger partial charge in [-0.1, -0.05) is 0 Å². The maximum Gasteiger partial charge on any atom is 0.337 e. The number of amides is 1. The van der Waals surface area contributed by atoms with Crippen LogP contribution in [0, 0.1) is 5.82 Å². The molecule has 21 heavy (non-hydrogen) atoms. The Morgan fingerprint density at radius 2 is 2.00 bits per heavy atom. The molecule has 0 unspecified atom stereocenters. The summed E-state index contributed by atoms with van der Waals surface area (Å²) in [5.74, 6) is -2.71. The Bertz CT molecular complexity index is 660. The lowest BCUT2D eigenvalue weighted by Crippen LogP contribution is -2.32. The average Bonchev–Trinajstić information content (AvgIpc) is 2.43. The number of halogens is 1. The molecule has 2 N–H and O–H groups in total. The van der Waals surface area contributed by atoms with E-state index in [4.69, 9.17) is 5.11 Å². The lowest BCUT2D eigenvalue weighted by molar-refractivity contribution is -0.120. The maximum absolute atomic E-state index is 13.2. The molecule has 0 spiro atoms. The third-order valence-corrected chi connectivity index (χ3v) is 4.69. The monoisotopic (exact) mass is 318 g/mol. The zero-order valence-electron chi connectivity index (χ0n) is 11.5. The van der Waals surface area contributed by atoms with E-state index in [1.807, 2.05) is 0 Å². The molecule has 9 heteroatoms. The molecule has 0 radical (unpaired) electrons. The van der Waals surface area contributed by atoms with Crippen molar-refractivity contribution in [3.05, 3.63) is 29.6 Å². The normalized spacial score (nSPS) is 11.4. The van der Waals surface area contributed by atoms with E-state index < -0.39 is 32.3 Å². The molecule has 0 saturated heterocycles. The maximum atomic E-state index is 13.2. The van der Waals surface area contributed by atoms with Gasteiger partial charge in [0, 0.05) is 27.1 Å². The van der Waals surface area contributed by atoms with Gasteiger partial charge in [-0.3, -0.25) is 4.79 Å². The number of carbonyl (C=O) groups is 2. The molecule has 1 aromatic carbocycles. The Balaban J connectivity index is 3.15. The summed E-state index contributed by atoms with van der Waals surface area (Å²) in [6, 6.07) is 2.40. The van der Waals surface area contributed by atoms with Crippen molar-refractivity contribution in [1.29, 1.82) is 0 Å². The zero-order valence-corrected chi connectivity index (χ0v) is 12.3. The molecule has 0 aliphatic carbocycles. The minimum Gasteiger partial charge on any atom is -0.478 e. The molecule has 116 valence electrons. The van der Waals surface area contributed by atoms with Gasteiger partial charge in [0.15, 0.2) is 0 Å². The SMILES string of the molecule is CNC(=O)CCN(C)S(=O)(=O)c1cc(F)ccc1C(=O)O. The summed E-state index contributed by atoms with van der Waals surface area (Å²) in [5.41, 5.74) is -0.525. The highest BCUT2D eigenvalue weighted by atomic mass is 32.2. The molecule has 0 saturated carbocycles. The van der Waals surface area contributed by atoms with E-state index in [1.54, 1.807) is 0 Å². The largest absolute Gasteiger partial charge is 0.478 e. The number of benzene rings is 1. The highest BCUT2D eigenvalue weighted by Crippen LogP contribution is 2.21. The molecule has 7 nitrogen and oxygen atoms in total. The van der Waals surface area contributed by atoms with Crippen molar-refractivity contribution >= 4 is 21.9 Å². The number of hydrogen-bond donors (Lipinski definition) is 2. The van der Waals surface area contributed by atoms with Crippen LogP contribution in [0.1, 0.15) is 16.8 Å². The van der Waals surface area contributed by atoms with Gasteiger partial charge in [0.1, 0.15) is 5.82 Å². The van der Waals surface area contributed by atoms with Crippen molar-refractivity contribution < 1.29 is 27.5 Å². The van der Waals surface area contributed by atoms with Crippen LogP contribution in [-0.2, 0) is 14.8 Å². The molecule has 0 atom stereocenters. The van der Waals surface area contributed by atoms with Crippen molar-refractivity contribution in [1.82, 2.24) is 9.62 Å². The van der Waals surface area contributed by atoms with Crippen LogP contribution in [-0.4, -0.2) is 50.3 Å². The highest BCUT2D eigenvalue weighted by molar-refractivity contribution is 7.89. The number of aromatic carboxylic acids is 1. The number of hydrogen-bond acceptors (Lipinski definition) is 4. The second kappa shape index (κ2) is 6.64. The lowest BCUT2D eigenvalue weighted by atomic mass is 10.2. The van der Waals surface area contributed by atoms with Gasteiger partial charge in [-0.2, -0.15) is 0 Å².